The van der Waals surface area contributed by atoms with Gasteiger partial charge in [0.1, 0.15) is 5.60 Å². The Hall–Kier alpha value is -0.360. The molecule has 2 N–H and O–H groups in total. The Labute approximate surface area is 122 Å². The molecule has 19 heavy (non-hydrogen) atoms. The van der Waals surface area contributed by atoms with Crippen molar-refractivity contribution in [3.8, 4) is 0 Å². The molecule has 5 nitrogen and oxygen atoms in total. The predicted octanol–water partition coefficient (Wildman–Crippen LogP) is 0.964. The lowest BCUT2D eigenvalue weighted by Crippen LogP contribution is -2.55. The quantitative estimate of drug-likeness (QED) is 0.766. The molecule has 1 amide bonds. The molecule has 0 aromatic heterocycles. The first kappa shape index (κ1) is 18.6. The van der Waals surface area contributed by atoms with E-state index >= 15 is 0 Å². The summed E-state index contributed by atoms with van der Waals surface area (Å²) in [7, 11) is 3.29. The molecule has 0 bridgehead atoms. The maximum absolute atomic E-state index is 12.3. The number of carbonyl (C=O) groups is 1. The van der Waals surface area contributed by atoms with Crippen LogP contribution in [0.15, 0.2) is 0 Å². The Morgan fingerprint density at radius 2 is 1.89 bits per heavy atom. The molecule has 0 radical (unpaired) electrons. The Morgan fingerprint density at radius 1 is 1.32 bits per heavy atom. The smallest absolute Gasteiger partial charge is 0.252 e. The summed E-state index contributed by atoms with van der Waals surface area (Å²) in [6.45, 7) is 6.33. The minimum atomic E-state index is -0.666. The molecular weight excluding hydrogens is 268 g/mol. The Kier molecular flexibility index (Phi) is 8.57. The van der Waals surface area contributed by atoms with Gasteiger partial charge < -0.3 is 20.1 Å². The number of ether oxygens (including phenoxy) is 2. The maximum Gasteiger partial charge on any atom is 0.252 e. The first-order chi connectivity index (χ1) is 8.55. The molecule has 1 fully saturated rings. The van der Waals surface area contributed by atoms with Gasteiger partial charge >= 0.3 is 0 Å². The fourth-order valence-electron chi connectivity index (χ4n) is 2.30. The van der Waals surface area contributed by atoms with Crippen molar-refractivity contribution in [3.05, 3.63) is 0 Å². The monoisotopic (exact) mass is 294 g/mol. The lowest BCUT2D eigenvalue weighted by atomic mass is 9.91. The number of halogens is 1. The van der Waals surface area contributed by atoms with Crippen LogP contribution >= 0.6 is 12.4 Å². The summed E-state index contributed by atoms with van der Waals surface area (Å²) in [5, 5.41) is 6.20. The van der Waals surface area contributed by atoms with Crippen LogP contribution in [0.5, 0.6) is 0 Å². The number of hydrogen-bond donors (Lipinski definition) is 2. The minimum absolute atomic E-state index is 0. The van der Waals surface area contributed by atoms with Gasteiger partial charge in [0.2, 0.25) is 0 Å². The van der Waals surface area contributed by atoms with Gasteiger partial charge in [-0.15, -0.1) is 12.4 Å². The minimum Gasteiger partial charge on any atom is -0.379 e. The zero-order valence-electron chi connectivity index (χ0n) is 12.3. The van der Waals surface area contributed by atoms with Crippen LogP contribution in [0.2, 0.25) is 0 Å². The van der Waals surface area contributed by atoms with E-state index in [0.29, 0.717) is 25.3 Å². The van der Waals surface area contributed by atoms with E-state index in [9.17, 15) is 4.79 Å². The van der Waals surface area contributed by atoms with E-state index in [4.69, 9.17) is 9.47 Å². The van der Waals surface area contributed by atoms with Gasteiger partial charge in [0.25, 0.3) is 5.91 Å². The summed E-state index contributed by atoms with van der Waals surface area (Å²) in [4.78, 5) is 12.3. The first-order valence-corrected chi connectivity index (χ1v) is 6.62. The third kappa shape index (κ3) is 4.91. The molecule has 1 saturated heterocycles. The molecule has 1 heterocycles. The second-order valence-corrected chi connectivity index (χ2v) is 5.18. The van der Waals surface area contributed by atoms with Crippen LogP contribution in [-0.4, -0.2) is 51.5 Å². The third-order valence-electron chi connectivity index (χ3n) is 3.73. The SMILES string of the molecule is COC(CNC(=O)C1(OC)CCNCC1)C(C)C.Cl. The fraction of sp³-hybridized carbons (Fsp3) is 0.923. The van der Waals surface area contributed by atoms with E-state index in [2.05, 4.69) is 24.5 Å². The van der Waals surface area contributed by atoms with Gasteiger partial charge in [0.15, 0.2) is 0 Å². The Bertz CT molecular complexity index is 269. The summed E-state index contributed by atoms with van der Waals surface area (Å²) >= 11 is 0. The van der Waals surface area contributed by atoms with Crippen molar-refractivity contribution in [1.82, 2.24) is 10.6 Å². The highest BCUT2D eigenvalue weighted by Crippen LogP contribution is 2.22. The zero-order valence-corrected chi connectivity index (χ0v) is 13.1. The van der Waals surface area contributed by atoms with Crippen molar-refractivity contribution in [2.24, 2.45) is 5.92 Å². The van der Waals surface area contributed by atoms with Crippen molar-refractivity contribution in [1.29, 1.82) is 0 Å². The molecule has 0 spiro atoms. The molecule has 0 aromatic carbocycles. The molecule has 1 aliphatic rings. The van der Waals surface area contributed by atoms with Crippen LogP contribution in [0.3, 0.4) is 0 Å². The number of nitrogens with one attached hydrogen (secondary N) is 2. The normalized spacial score (nSPS) is 19.6. The van der Waals surface area contributed by atoms with Crippen molar-refractivity contribution in [2.45, 2.75) is 38.4 Å². The highest BCUT2D eigenvalue weighted by atomic mass is 35.5. The van der Waals surface area contributed by atoms with E-state index < -0.39 is 5.60 Å². The standard InChI is InChI=1S/C13H26N2O3.ClH/c1-10(2)11(17-3)9-15-12(16)13(18-4)5-7-14-8-6-13;/h10-11,14H,5-9H2,1-4H3,(H,15,16);1H. The van der Waals surface area contributed by atoms with Gasteiger partial charge in [-0.2, -0.15) is 0 Å². The van der Waals surface area contributed by atoms with Crippen LogP contribution in [0.4, 0.5) is 0 Å². The topological polar surface area (TPSA) is 59.6 Å². The number of hydrogen-bond acceptors (Lipinski definition) is 4. The molecule has 1 atom stereocenters. The van der Waals surface area contributed by atoms with E-state index in [1.165, 1.54) is 0 Å². The molecular formula is C13H27ClN2O3. The molecule has 6 heteroatoms. The summed E-state index contributed by atoms with van der Waals surface area (Å²) < 4.78 is 10.8. The second kappa shape index (κ2) is 8.74. The lowest BCUT2D eigenvalue weighted by molar-refractivity contribution is -0.147. The van der Waals surface area contributed by atoms with Crippen LogP contribution in [0.1, 0.15) is 26.7 Å². The van der Waals surface area contributed by atoms with Crippen LogP contribution < -0.4 is 10.6 Å². The van der Waals surface area contributed by atoms with Crippen molar-refractivity contribution in [3.63, 3.8) is 0 Å². The molecule has 0 saturated carbocycles. The van der Waals surface area contributed by atoms with Crippen molar-refractivity contribution >= 4 is 18.3 Å². The van der Waals surface area contributed by atoms with Crippen LogP contribution in [0.25, 0.3) is 0 Å². The van der Waals surface area contributed by atoms with Gasteiger partial charge in [-0.25, -0.2) is 0 Å². The maximum atomic E-state index is 12.3. The van der Waals surface area contributed by atoms with Crippen molar-refractivity contribution in [2.75, 3.05) is 33.9 Å². The number of piperidine rings is 1. The third-order valence-corrected chi connectivity index (χ3v) is 3.73. The van der Waals surface area contributed by atoms with Gasteiger partial charge in [-0.1, -0.05) is 13.8 Å². The Balaban J connectivity index is 0.00000324. The predicted molar refractivity (Wildman–Crippen MR) is 77.7 cm³/mol. The van der Waals surface area contributed by atoms with Crippen LogP contribution in [0, 0.1) is 5.92 Å². The molecule has 0 aliphatic carbocycles. The number of rotatable bonds is 6. The lowest BCUT2D eigenvalue weighted by Gasteiger charge is -2.35. The zero-order chi connectivity index (χ0) is 13.6. The van der Waals surface area contributed by atoms with Crippen LogP contribution in [-0.2, 0) is 14.3 Å². The summed E-state index contributed by atoms with van der Waals surface area (Å²) in [5.74, 6) is 0.357. The van der Waals surface area contributed by atoms with Gasteiger partial charge in [-0.05, 0) is 31.8 Å². The first-order valence-electron chi connectivity index (χ1n) is 6.62. The van der Waals surface area contributed by atoms with Gasteiger partial charge in [-0.3, -0.25) is 4.79 Å². The average molecular weight is 295 g/mol. The number of carbonyl (C=O) groups excluding carboxylic acids is 1. The molecule has 1 aliphatic heterocycles. The molecule has 1 unspecified atom stereocenters. The largest absolute Gasteiger partial charge is 0.379 e. The molecule has 0 aromatic rings. The fourth-order valence-corrected chi connectivity index (χ4v) is 2.30. The Morgan fingerprint density at radius 3 is 2.32 bits per heavy atom. The van der Waals surface area contributed by atoms with E-state index in [1.807, 2.05) is 0 Å². The summed E-state index contributed by atoms with van der Waals surface area (Å²) in [6.07, 6.45) is 1.48. The van der Waals surface area contributed by atoms with E-state index in [-0.39, 0.29) is 24.4 Å². The summed E-state index contributed by atoms with van der Waals surface area (Å²) in [5.41, 5.74) is -0.666. The van der Waals surface area contributed by atoms with Gasteiger partial charge in [0, 0.05) is 20.8 Å². The molecule has 1 rings (SSSR count). The molecule has 114 valence electrons. The van der Waals surface area contributed by atoms with E-state index in [0.717, 1.165) is 13.1 Å². The van der Waals surface area contributed by atoms with Gasteiger partial charge in [0.05, 0.1) is 6.10 Å². The summed E-state index contributed by atoms with van der Waals surface area (Å²) in [6, 6.07) is 0. The average Bonchev–Trinajstić information content (AvgIpc) is 2.39. The second-order valence-electron chi connectivity index (χ2n) is 5.18. The van der Waals surface area contributed by atoms with Crippen molar-refractivity contribution < 1.29 is 14.3 Å². The highest BCUT2D eigenvalue weighted by molar-refractivity contribution is 5.85. The number of methoxy groups -OCH3 is 2. The highest BCUT2D eigenvalue weighted by Gasteiger charge is 2.39. The van der Waals surface area contributed by atoms with E-state index in [1.54, 1.807) is 14.2 Å². The number of amides is 1.